The molecule has 3 aromatic carbocycles. The number of aromatic amines is 1. The maximum Gasteiger partial charge on any atom is 0.267 e. The summed E-state index contributed by atoms with van der Waals surface area (Å²) in [7, 11) is 0. The predicted octanol–water partition coefficient (Wildman–Crippen LogP) is 5.65. The Labute approximate surface area is 210 Å². The van der Waals surface area contributed by atoms with Crippen LogP contribution < -0.4 is 10.6 Å². The molecule has 0 atom stereocenters. The van der Waals surface area contributed by atoms with Gasteiger partial charge in [0.05, 0.1) is 21.6 Å². The number of carbonyl (C=O) groups excluding carboxylic acids is 2. The fourth-order valence-corrected chi connectivity index (χ4v) is 3.88. The van der Waals surface area contributed by atoms with E-state index in [-0.39, 0.29) is 16.3 Å². The predicted molar refractivity (Wildman–Crippen MR) is 136 cm³/mol. The molecule has 6 nitrogen and oxygen atoms in total. The maximum atomic E-state index is 13.0. The molecular formula is C25H19Cl3N4O2. The van der Waals surface area contributed by atoms with Gasteiger partial charge in [-0.15, -0.1) is 0 Å². The maximum absolute atomic E-state index is 13.0. The zero-order chi connectivity index (χ0) is 24.1. The Morgan fingerprint density at radius 2 is 1.68 bits per heavy atom. The van der Waals surface area contributed by atoms with E-state index in [9.17, 15) is 9.59 Å². The second-order valence-electron chi connectivity index (χ2n) is 7.39. The van der Waals surface area contributed by atoms with Gasteiger partial charge in [0.1, 0.15) is 11.5 Å². The number of imidazole rings is 1. The van der Waals surface area contributed by atoms with Crippen LogP contribution in [0.15, 0.2) is 72.4 Å². The molecular weight excluding hydrogens is 495 g/mol. The number of aromatic nitrogens is 2. The molecule has 0 aliphatic heterocycles. The number of nitrogens with zero attached hydrogens (tertiary/aromatic N) is 1. The molecule has 0 saturated heterocycles. The van der Waals surface area contributed by atoms with Gasteiger partial charge in [-0.1, -0.05) is 59.1 Å². The second-order valence-corrected chi connectivity index (χ2v) is 8.67. The van der Waals surface area contributed by atoms with Gasteiger partial charge in [-0.05, 0) is 54.1 Å². The van der Waals surface area contributed by atoms with E-state index in [4.69, 9.17) is 34.8 Å². The van der Waals surface area contributed by atoms with Crippen molar-refractivity contribution in [2.75, 3.05) is 6.54 Å². The van der Waals surface area contributed by atoms with Crippen molar-refractivity contribution >= 4 is 63.7 Å². The minimum Gasteiger partial charge on any atom is -0.350 e. The van der Waals surface area contributed by atoms with Crippen LogP contribution in [0.3, 0.4) is 0 Å². The second kappa shape index (κ2) is 10.7. The molecule has 0 bridgehead atoms. The van der Waals surface area contributed by atoms with Crippen molar-refractivity contribution in [3.05, 3.63) is 104 Å². The van der Waals surface area contributed by atoms with E-state index in [2.05, 4.69) is 20.6 Å². The van der Waals surface area contributed by atoms with Crippen LogP contribution in [-0.4, -0.2) is 28.3 Å². The summed E-state index contributed by atoms with van der Waals surface area (Å²) >= 11 is 18.0. The summed E-state index contributed by atoms with van der Waals surface area (Å²) in [4.78, 5) is 33.5. The summed E-state index contributed by atoms with van der Waals surface area (Å²) in [6.07, 6.45) is 2.06. The number of fused-ring (bicyclic) bond motifs is 1. The fourth-order valence-electron chi connectivity index (χ4n) is 3.26. The lowest BCUT2D eigenvalue weighted by atomic mass is 10.1. The Kier molecular flexibility index (Phi) is 7.53. The van der Waals surface area contributed by atoms with E-state index in [1.54, 1.807) is 36.4 Å². The lowest BCUT2D eigenvalue weighted by Crippen LogP contribution is -2.36. The number of para-hydroxylation sites is 2. The Bertz CT molecular complexity index is 1350. The molecule has 4 aromatic rings. The molecule has 0 spiro atoms. The van der Waals surface area contributed by atoms with Gasteiger partial charge in [0.15, 0.2) is 0 Å². The molecule has 1 heterocycles. The lowest BCUT2D eigenvalue weighted by molar-refractivity contribution is -0.117. The van der Waals surface area contributed by atoms with Gasteiger partial charge in [-0.2, -0.15) is 0 Å². The summed E-state index contributed by atoms with van der Waals surface area (Å²) < 4.78 is 0. The van der Waals surface area contributed by atoms with Crippen LogP contribution in [0, 0.1) is 0 Å². The van der Waals surface area contributed by atoms with Crippen LogP contribution in [0.1, 0.15) is 21.7 Å². The van der Waals surface area contributed by atoms with Gasteiger partial charge in [-0.25, -0.2) is 4.98 Å². The molecule has 0 radical (unpaired) electrons. The molecule has 3 N–H and O–H groups in total. The van der Waals surface area contributed by atoms with Crippen molar-refractivity contribution < 1.29 is 9.59 Å². The number of hydrogen-bond acceptors (Lipinski definition) is 3. The van der Waals surface area contributed by atoms with Crippen LogP contribution in [0.5, 0.6) is 0 Å². The first-order chi connectivity index (χ1) is 16.4. The molecule has 9 heteroatoms. The third kappa shape index (κ3) is 5.97. The number of nitrogens with one attached hydrogen (secondary N) is 3. The highest BCUT2D eigenvalue weighted by atomic mass is 35.5. The van der Waals surface area contributed by atoms with Crippen LogP contribution >= 0.6 is 34.8 Å². The minimum absolute atomic E-state index is 0.0583. The fraction of sp³-hybridized carbons (Fsp3) is 0.0800. The SMILES string of the molecule is O=C(NCCc1nc2ccccc2[nH]1)/C(=C/c1ccc(Cl)cc1)NC(=O)c1ccc(Cl)cc1Cl. The lowest BCUT2D eigenvalue weighted by Gasteiger charge is -2.12. The van der Waals surface area contributed by atoms with Crippen molar-refractivity contribution in [3.63, 3.8) is 0 Å². The van der Waals surface area contributed by atoms with Gasteiger partial charge in [-0.3, -0.25) is 9.59 Å². The van der Waals surface area contributed by atoms with Crippen LogP contribution in [0.4, 0.5) is 0 Å². The van der Waals surface area contributed by atoms with Crippen molar-refractivity contribution in [3.8, 4) is 0 Å². The van der Waals surface area contributed by atoms with E-state index in [0.717, 1.165) is 16.9 Å². The average Bonchev–Trinajstić information content (AvgIpc) is 3.22. The zero-order valence-corrected chi connectivity index (χ0v) is 20.0. The summed E-state index contributed by atoms with van der Waals surface area (Å²) in [6.45, 7) is 0.314. The van der Waals surface area contributed by atoms with E-state index in [1.807, 2.05) is 24.3 Å². The number of rotatable bonds is 7. The summed E-state index contributed by atoms with van der Waals surface area (Å²) in [5.74, 6) is -0.236. The topological polar surface area (TPSA) is 86.9 Å². The number of H-pyrrole nitrogens is 1. The number of benzene rings is 3. The highest BCUT2D eigenvalue weighted by Crippen LogP contribution is 2.21. The normalized spacial score (nSPS) is 11.4. The van der Waals surface area contributed by atoms with Crippen molar-refractivity contribution in [1.82, 2.24) is 20.6 Å². The molecule has 0 saturated carbocycles. The quantitative estimate of drug-likeness (QED) is 0.279. The Morgan fingerprint density at radius 3 is 2.41 bits per heavy atom. The molecule has 0 aliphatic carbocycles. The third-order valence-electron chi connectivity index (χ3n) is 4.94. The average molecular weight is 514 g/mol. The Morgan fingerprint density at radius 1 is 0.941 bits per heavy atom. The van der Waals surface area contributed by atoms with Gasteiger partial charge in [0.25, 0.3) is 11.8 Å². The number of amides is 2. The van der Waals surface area contributed by atoms with Gasteiger partial charge in [0.2, 0.25) is 0 Å². The molecule has 172 valence electrons. The van der Waals surface area contributed by atoms with Crippen molar-refractivity contribution in [2.45, 2.75) is 6.42 Å². The standard InChI is InChI=1S/C25H19Cl3N4O2/c26-16-7-5-15(6-8-16)13-22(32-24(33)18-10-9-17(27)14-19(18)28)25(34)29-12-11-23-30-20-3-1-2-4-21(20)31-23/h1-10,13-14H,11-12H2,(H,29,34)(H,30,31)(H,32,33)/b22-13-. The summed E-state index contributed by atoms with van der Waals surface area (Å²) in [5, 5.41) is 6.63. The molecule has 4 rings (SSSR count). The first kappa shape index (κ1) is 23.8. The minimum atomic E-state index is -0.533. The summed E-state index contributed by atoms with van der Waals surface area (Å²) in [5.41, 5.74) is 2.74. The third-order valence-corrected chi connectivity index (χ3v) is 5.74. The molecule has 2 amide bonds. The van der Waals surface area contributed by atoms with E-state index >= 15 is 0 Å². The Hall–Kier alpha value is -3.32. The van der Waals surface area contributed by atoms with Gasteiger partial charge >= 0.3 is 0 Å². The van der Waals surface area contributed by atoms with Crippen LogP contribution in [-0.2, 0) is 11.2 Å². The smallest absolute Gasteiger partial charge is 0.267 e. The number of halogens is 3. The molecule has 0 unspecified atom stereocenters. The highest BCUT2D eigenvalue weighted by Gasteiger charge is 2.17. The van der Waals surface area contributed by atoms with E-state index in [1.165, 1.54) is 12.1 Å². The number of carbonyl (C=O) groups is 2. The summed E-state index contributed by atoms with van der Waals surface area (Å²) in [6, 6.07) is 19.1. The number of hydrogen-bond donors (Lipinski definition) is 3. The van der Waals surface area contributed by atoms with Gasteiger partial charge in [0, 0.05) is 23.0 Å². The van der Waals surface area contributed by atoms with Gasteiger partial charge < -0.3 is 15.6 Å². The van der Waals surface area contributed by atoms with Crippen molar-refractivity contribution in [2.24, 2.45) is 0 Å². The molecule has 0 fully saturated rings. The van der Waals surface area contributed by atoms with Crippen LogP contribution in [0.25, 0.3) is 17.1 Å². The van der Waals surface area contributed by atoms with E-state index < -0.39 is 11.8 Å². The molecule has 0 aliphatic rings. The van der Waals surface area contributed by atoms with Crippen LogP contribution in [0.2, 0.25) is 15.1 Å². The molecule has 1 aromatic heterocycles. The Balaban J connectivity index is 1.49. The first-order valence-corrected chi connectivity index (χ1v) is 11.5. The monoisotopic (exact) mass is 512 g/mol. The zero-order valence-electron chi connectivity index (χ0n) is 17.7. The largest absolute Gasteiger partial charge is 0.350 e. The highest BCUT2D eigenvalue weighted by molar-refractivity contribution is 6.36. The molecule has 34 heavy (non-hydrogen) atoms. The van der Waals surface area contributed by atoms with Crippen molar-refractivity contribution in [1.29, 1.82) is 0 Å². The van der Waals surface area contributed by atoms with E-state index in [0.29, 0.717) is 28.6 Å². The first-order valence-electron chi connectivity index (χ1n) is 10.3.